The van der Waals surface area contributed by atoms with Crippen LogP contribution in [0.3, 0.4) is 0 Å². The normalized spacial score (nSPS) is 12.9. The summed E-state index contributed by atoms with van der Waals surface area (Å²) in [6, 6.07) is 1.89. The Kier molecular flexibility index (Phi) is 5.30. The second-order valence-electron chi connectivity index (χ2n) is 4.78. The predicted molar refractivity (Wildman–Crippen MR) is 77.4 cm³/mol. The van der Waals surface area contributed by atoms with Gasteiger partial charge < -0.3 is 10.0 Å². The summed E-state index contributed by atoms with van der Waals surface area (Å²) in [5.41, 5.74) is 0.653. The molecule has 0 aliphatic heterocycles. The van der Waals surface area contributed by atoms with Crippen molar-refractivity contribution in [1.29, 1.82) is 0 Å². The Morgan fingerprint density at radius 3 is 2.53 bits per heavy atom. The summed E-state index contributed by atoms with van der Waals surface area (Å²) in [4.78, 5) is 25.2. The molecular formula is C14H19NO3S. The molecule has 5 heteroatoms. The SMILES string of the molecule is CC(C)C(C)N(C)C(=O)c1sccc1/C=C/C(=O)O. The van der Waals surface area contributed by atoms with Crippen LogP contribution in [0.2, 0.25) is 0 Å². The molecule has 0 aromatic carbocycles. The highest BCUT2D eigenvalue weighted by Crippen LogP contribution is 2.22. The van der Waals surface area contributed by atoms with Crippen LogP contribution in [0, 0.1) is 5.92 Å². The Balaban J connectivity index is 2.95. The van der Waals surface area contributed by atoms with E-state index in [0.29, 0.717) is 16.4 Å². The van der Waals surface area contributed by atoms with Crippen LogP contribution in [0.5, 0.6) is 0 Å². The largest absolute Gasteiger partial charge is 0.478 e. The number of amides is 1. The second kappa shape index (κ2) is 6.52. The van der Waals surface area contributed by atoms with Gasteiger partial charge in [-0.25, -0.2) is 4.79 Å². The van der Waals surface area contributed by atoms with Crippen LogP contribution in [0.25, 0.3) is 6.08 Å². The maximum atomic E-state index is 12.4. The molecule has 19 heavy (non-hydrogen) atoms. The van der Waals surface area contributed by atoms with Gasteiger partial charge in [0.25, 0.3) is 5.91 Å². The summed E-state index contributed by atoms with van der Waals surface area (Å²) in [7, 11) is 1.78. The maximum absolute atomic E-state index is 12.4. The Morgan fingerprint density at radius 1 is 1.37 bits per heavy atom. The van der Waals surface area contributed by atoms with Gasteiger partial charge in [-0.3, -0.25) is 4.79 Å². The van der Waals surface area contributed by atoms with Gasteiger partial charge in [-0.1, -0.05) is 13.8 Å². The number of hydrogen-bond donors (Lipinski definition) is 1. The molecule has 1 unspecified atom stereocenters. The number of nitrogens with zero attached hydrogens (tertiary/aromatic N) is 1. The Morgan fingerprint density at radius 2 is 2.00 bits per heavy atom. The molecule has 0 aliphatic rings. The third-order valence-corrected chi connectivity index (χ3v) is 4.11. The van der Waals surface area contributed by atoms with E-state index in [1.165, 1.54) is 17.4 Å². The molecule has 104 valence electrons. The molecule has 0 aliphatic carbocycles. The van der Waals surface area contributed by atoms with Crippen LogP contribution < -0.4 is 0 Å². The first-order valence-corrected chi connectivity index (χ1v) is 6.98. The summed E-state index contributed by atoms with van der Waals surface area (Å²) in [5.74, 6) is -0.721. The lowest BCUT2D eigenvalue weighted by atomic mass is 10.0. The smallest absolute Gasteiger partial charge is 0.328 e. The fourth-order valence-electron chi connectivity index (χ4n) is 1.58. The minimum absolute atomic E-state index is 0.0683. The van der Waals surface area contributed by atoms with Gasteiger partial charge in [0.15, 0.2) is 0 Å². The highest BCUT2D eigenvalue weighted by molar-refractivity contribution is 7.12. The van der Waals surface area contributed by atoms with Gasteiger partial charge in [0.1, 0.15) is 0 Å². The Labute approximate surface area is 117 Å². The number of carboxylic acids is 1. The van der Waals surface area contributed by atoms with E-state index in [-0.39, 0.29) is 11.9 Å². The van der Waals surface area contributed by atoms with E-state index in [2.05, 4.69) is 13.8 Å². The molecular weight excluding hydrogens is 262 g/mol. The van der Waals surface area contributed by atoms with E-state index in [4.69, 9.17) is 5.11 Å². The van der Waals surface area contributed by atoms with Crippen LogP contribution in [0.1, 0.15) is 36.0 Å². The number of thiophene rings is 1. The summed E-state index contributed by atoms with van der Waals surface area (Å²) >= 11 is 1.33. The standard InChI is InChI=1S/C14H19NO3S/c1-9(2)10(3)15(4)14(18)13-11(7-8-19-13)5-6-12(16)17/h5-10H,1-4H3,(H,16,17)/b6-5+. The summed E-state index contributed by atoms with van der Waals surface area (Å²) in [5, 5.41) is 10.4. The van der Waals surface area contributed by atoms with Crippen LogP contribution in [0.15, 0.2) is 17.5 Å². The highest BCUT2D eigenvalue weighted by Gasteiger charge is 2.22. The molecule has 1 atom stereocenters. The van der Waals surface area contributed by atoms with Gasteiger partial charge in [0.05, 0.1) is 4.88 Å². The third kappa shape index (κ3) is 3.92. The van der Waals surface area contributed by atoms with Gasteiger partial charge in [-0.2, -0.15) is 0 Å². The van der Waals surface area contributed by atoms with Crippen LogP contribution >= 0.6 is 11.3 Å². The van der Waals surface area contributed by atoms with Crippen molar-refractivity contribution >= 4 is 29.3 Å². The zero-order chi connectivity index (χ0) is 14.6. The van der Waals surface area contributed by atoms with Gasteiger partial charge in [0, 0.05) is 19.2 Å². The lowest BCUT2D eigenvalue weighted by molar-refractivity contribution is -0.131. The Hall–Kier alpha value is -1.62. The monoisotopic (exact) mass is 281 g/mol. The number of aliphatic carboxylic acids is 1. The molecule has 1 rings (SSSR count). The van der Waals surface area contributed by atoms with Crippen LogP contribution in [-0.2, 0) is 4.79 Å². The van der Waals surface area contributed by atoms with Crippen molar-refractivity contribution in [1.82, 2.24) is 4.90 Å². The molecule has 1 heterocycles. The minimum Gasteiger partial charge on any atom is -0.478 e. The zero-order valence-electron chi connectivity index (χ0n) is 11.6. The van der Waals surface area contributed by atoms with Crippen molar-refractivity contribution in [3.05, 3.63) is 28.0 Å². The average molecular weight is 281 g/mol. The number of carbonyl (C=O) groups is 2. The first kappa shape index (κ1) is 15.4. The highest BCUT2D eigenvalue weighted by atomic mass is 32.1. The van der Waals surface area contributed by atoms with Gasteiger partial charge in [-0.15, -0.1) is 11.3 Å². The molecule has 1 N–H and O–H groups in total. The average Bonchev–Trinajstić information content (AvgIpc) is 2.81. The summed E-state index contributed by atoms with van der Waals surface area (Å²) in [6.07, 6.45) is 2.50. The van der Waals surface area contributed by atoms with Gasteiger partial charge in [0.2, 0.25) is 0 Å². The lowest BCUT2D eigenvalue weighted by Crippen LogP contribution is -2.38. The van der Waals surface area contributed by atoms with Crippen molar-refractivity contribution in [2.45, 2.75) is 26.8 Å². The topological polar surface area (TPSA) is 57.6 Å². The number of rotatable bonds is 5. The van der Waals surface area contributed by atoms with E-state index in [9.17, 15) is 9.59 Å². The molecule has 1 aromatic rings. The molecule has 0 bridgehead atoms. The number of hydrogen-bond acceptors (Lipinski definition) is 3. The van der Waals surface area contributed by atoms with Crippen molar-refractivity contribution in [3.63, 3.8) is 0 Å². The zero-order valence-corrected chi connectivity index (χ0v) is 12.4. The molecule has 1 amide bonds. The van der Waals surface area contributed by atoms with E-state index in [1.807, 2.05) is 6.92 Å². The molecule has 0 spiro atoms. The van der Waals surface area contributed by atoms with Crippen molar-refractivity contribution in [3.8, 4) is 0 Å². The molecule has 4 nitrogen and oxygen atoms in total. The Bertz CT molecular complexity index is 491. The first-order valence-electron chi connectivity index (χ1n) is 6.10. The quantitative estimate of drug-likeness (QED) is 0.844. The first-order chi connectivity index (χ1) is 8.84. The van der Waals surface area contributed by atoms with Gasteiger partial charge >= 0.3 is 5.97 Å². The molecule has 0 fully saturated rings. The minimum atomic E-state index is -1.02. The van der Waals surface area contributed by atoms with E-state index in [1.54, 1.807) is 23.4 Å². The van der Waals surface area contributed by atoms with Crippen LogP contribution in [0.4, 0.5) is 0 Å². The summed E-state index contributed by atoms with van der Waals surface area (Å²) in [6.45, 7) is 6.13. The predicted octanol–water partition coefficient (Wildman–Crippen LogP) is 2.96. The maximum Gasteiger partial charge on any atom is 0.328 e. The lowest BCUT2D eigenvalue weighted by Gasteiger charge is -2.27. The fraction of sp³-hybridized carbons (Fsp3) is 0.429. The molecule has 0 radical (unpaired) electrons. The number of carboxylic acid groups (broad SMARTS) is 1. The fourth-order valence-corrected chi connectivity index (χ4v) is 2.45. The summed E-state index contributed by atoms with van der Waals surface area (Å²) < 4.78 is 0. The van der Waals surface area contributed by atoms with Crippen molar-refractivity contribution in [2.24, 2.45) is 5.92 Å². The molecule has 0 saturated heterocycles. The second-order valence-corrected chi connectivity index (χ2v) is 5.69. The van der Waals surface area contributed by atoms with Crippen molar-refractivity contribution in [2.75, 3.05) is 7.05 Å². The number of carbonyl (C=O) groups excluding carboxylic acids is 1. The molecule has 0 saturated carbocycles. The van der Waals surface area contributed by atoms with Crippen molar-refractivity contribution < 1.29 is 14.7 Å². The van der Waals surface area contributed by atoms with E-state index >= 15 is 0 Å². The van der Waals surface area contributed by atoms with E-state index < -0.39 is 5.97 Å². The van der Waals surface area contributed by atoms with Crippen LogP contribution in [-0.4, -0.2) is 35.0 Å². The van der Waals surface area contributed by atoms with E-state index in [0.717, 1.165) is 6.08 Å². The van der Waals surface area contributed by atoms with Gasteiger partial charge in [-0.05, 0) is 35.9 Å². The molecule has 1 aromatic heterocycles. The third-order valence-electron chi connectivity index (χ3n) is 3.19.